The van der Waals surface area contributed by atoms with E-state index in [2.05, 4.69) is 17.8 Å². The highest BCUT2D eigenvalue weighted by Crippen LogP contribution is 2.20. The van der Waals surface area contributed by atoms with Gasteiger partial charge >= 0.3 is 0 Å². The number of carbonyl (C=O) groups excluding carboxylic acids is 1. The Balaban J connectivity index is 3.43. The number of hydrogen-bond acceptors (Lipinski definition) is 1. The maximum Gasteiger partial charge on any atom is 0.150 e. The van der Waals surface area contributed by atoms with E-state index in [1.165, 1.54) is 0 Å². The van der Waals surface area contributed by atoms with E-state index in [-0.39, 0.29) is 0 Å². The Morgan fingerprint density at radius 2 is 1.53 bits per heavy atom. The van der Waals surface area contributed by atoms with Crippen molar-refractivity contribution in [3.63, 3.8) is 0 Å². The molecule has 0 unspecified atom stereocenters. The number of rotatable bonds is 4. The van der Waals surface area contributed by atoms with Crippen LogP contribution in [-0.2, 0) is 19.3 Å². The number of aldehydes is 1. The molecule has 0 spiro atoms. The minimum atomic E-state index is 0.392. The molecule has 1 rings (SSSR count). The van der Waals surface area contributed by atoms with Gasteiger partial charge in [-0.2, -0.15) is 0 Å². The molecule has 0 heterocycles. The van der Waals surface area contributed by atoms with Crippen LogP contribution < -0.4 is 0 Å². The fraction of sp³-hybridized carbons (Fsp3) is 0.188. The van der Waals surface area contributed by atoms with Crippen molar-refractivity contribution in [3.05, 3.63) is 34.4 Å². The highest BCUT2D eigenvalue weighted by atomic mass is 16.1. The van der Waals surface area contributed by atoms with Gasteiger partial charge in [0.15, 0.2) is 0 Å². The van der Waals surface area contributed by atoms with Gasteiger partial charge in [0, 0.05) is 24.8 Å². The average molecular weight is 220 g/mol. The van der Waals surface area contributed by atoms with Crippen LogP contribution >= 0.6 is 0 Å². The molecule has 0 aliphatic heterocycles. The Morgan fingerprint density at radius 1 is 0.941 bits per heavy atom. The van der Waals surface area contributed by atoms with Crippen molar-refractivity contribution < 1.29 is 4.79 Å². The van der Waals surface area contributed by atoms with E-state index in [1.54, 1.807) is 6.07 Å². The van der Waals surface area contributed by atoms with Crippen LogP contribution in [0.5, 0.6) is 0 Å². The monoisotopic (exact) mass is 220 g/mol. The van der Waals surface area contributed by atoms with Crippen LogP contribution in [0, 0.1) is 37.0 Å². The molecule has 0 radical (unpaired) electrons. The molecule has 1 heteroatoms. The van der Waals surface area contributed by atoms with Crippen molar-refractivity contribution in [1.82, 2.24) is 0 Å². The fourth-order valence-electron chi connectivity index (χ4n) is 1.78. The number of terminal acetylenes is 3. The van der Waals surface area contributed by atoms with E-state index in [9.17, 15) is 4.79 Å². The van der Waals surface area contributed by atoms with Gasteiger partial charge in [0.1, 0.15) is 6.29 Å². The van der Waals surface area contributed by atoms with Crippen molar-refractivity contribution in [2.24, 2.45) is 0 Å². The van der Waals surface area contributed by atoms with E-state index in [0.29, 0.717) is 24.8 Å². The first-order valence-electron chi connectivity index (χ1n) is 5.17. The molecule has 0 aromatic heterocycles. The molecule has 0 aliphatic rings. The van der Waals surface area contributed by atoms with E-state index in [1.807, 2.05) is 6.07 Å². The summed E-state index contributed by atoms with van der Waals surface area (Å²) in [6, 6.07) is 3.59. The summed E-state index contributed by atoms with van der Waals surface area (Å²) in [7, 11) is 0. The summed E-state index contributed by atoms with van der Waals surface area (Å²) in [5, 5.41) is 0. The molecular weight excluding hydrogens is 208 g/mol. The molecular formula is C16H12O. The quantitative estimate of drug-likeness (QED) is 0.560. The van der Waals surface area contributed by atoms with Gasteiger partial charge in [0.25, 0.3) is 0 Å². The summed E-state index contributed by atoms with van der Waals surface area (Å²) in [5.41, 5.74) is 3.32. The van der Waals surface area contributed by atoms with Crippen molar-refractivity contribution in [2.45, 2.75) is 19.3 Å². The molecule has 1 aromatic carbocycles. The highest BCUT2D eigenvalue weighted by Gasteiger charge is 2.11. The summed E-state index contributed by atoms with van der Waals surface area (Å²) < 4.78 is 0. The SMILES string of the molecule is C#CCc1ccc(C=O)c(CC#C)c1CC#C. The van der Waals surface area contributed by atoms with Gasteiger partial charge in [-0.25, -0.2) is 0 Å². The van der Waals surface area contributed by atoms with Crippen molar-refractivity contribution >= 4 is 6.29 Å². The molecule has 17 heavy (non-hydrogen) atoms. The summed E-state index contributed by atoms with van der Waals surface area (Å²) >= 11 is 0. The van der Waals surface area contributed by atoms with Crippen LogP contribution in [-0.4, -0.2) is 6.29 Å². The second-order valence-electron chi connectivity index (χ2n) is 3.53. The molecule has 0 N–H and O–H groups in total. The molecule has 0 saturated heterocycles. The third kappa shape index (κ3) is 2.78. The lowest BCUT2D eigenvalue weighted by molar-refractivity contribution is 0.112. The second kappa shape index (κ2) is 6.22. The lowest BCUT2D eigenvalue weighted by Gasteiger charge is -2.12. The summed E-state index contributed by atoms with van der Waals surface area (Å²) in [4.78, 5) is 11.0. The van der Waals surface area contributed by atoms with Crippen molar-refractivity contribution in [1.29, 1.82) is 0 Å². The minimum Gasteiger partial charge on any atom is -0.298 e. The van der Waals surface area contributed by atoms with E-state index in [4.69, 9.17) is 19.3 Å². The molecule has 0 saturated carbocycles. The molecule has 0 bridgehead atoms. The van der Waals surface area contributed by atoms with Gasteiger partial charge in [-0.05, 0) is 16.7 Å². The molecule has 0 aliphatic carbocycles. The summed E-state index contributed by atoms with van der Waals surface area (Å²) in [6.45, 7) is 0. The summed E-state index contributed by atoms with van der Waals surface area (Å²) in [5.74, 6) is 7.71. The van der Waals surface area contributed by atoms with Gasteiger partial charge in [-0.1, -0.05) is 12.1 Å². The molecule has 0 atom stereocenters. The van der Waals surface area contributed by atoms with Crippen LogP contribution in [0.15, 0.2) is 12.1 Å². The minimum absolute atomic E-state index is 0.392. The van der Waals surface area contributed by atoms with Gasteiger partial charge in [0.05, 0.1) is 0 Å². The Labute approximate surface area is 102 Å². The largest absolute Gasteiger partial charge is 0.298 e. The zero-order valence-corrected chi connectivity index (χ0v) is 9.49. The predicted octanol–water partition coefficient (Wildman–Crippen LogP) is 2.03. The van der Waals surface area contributed by atoms with E-state index in [0.717, 1.165) is 23.0 Å². The topological polar surface area (TPSA) is 17.1 Å². The van der Waals surface area contributed by atoms with Crippen molar-refractivity contribution in [2.75, 3.05) is 0 Å². The summed E-state index contributed by atoms with van der Waals surface area (Å²) in [6.07, 6.45) is 18.1. The predicted molar refractivity (Wildman–Crippen MR) is 69.4 cm³/mol. The van der Waals surface area contributed by atoms with Crippen LogP contribution in [0.2, 0.25) is 0 Å². The van der Waals surface area contributed by atoms with Crippen LogP contribution in [0.3, 0.4) is 0 Å². The first-order valence-corrected chi connectivity index (χ1v) is 5.17. The molecule has 1 nitrogen and oxygen atoms in total. The van der Waals surface area contributed by atoms with Crippen LogP contribution in [0.4, 0.5) is 0 Å². The highest BCUT2D eigenvalue weighted by molar-refractivity contribution is 5.79. The van der Waals surface area contributed by atoms with Gasteiger partial charge in [0.2, 0.25) is 0 Å². The third-order valence-electron chi connectivity index (χ3n) is 2.54. The van der Waals surface area contributed by atoms with Crippen LogP contribution in [0.1, 0.15) is 27.0 Å². The molecule has 0 fully saturated rings. The first kappa shape index (κ1) is 12.6. The molecule has 0 amide bonds. The van der Waals surface area contributed by atoms with Gasteiger partial charge < -0.3 is 0 Å². The average Bonchev–Trinajstić information content (AvgIpc) is 2.34. The van der Waals surface area contributed by atoms with Crippen LogP contribution in [0.25, 0.3) is 0 Å². The fourth-order valence-corrected chi connectivity index (χ4v) is 1.78. The Bertz CT molecular complexity index is 545. The van der Waals surface area contributed by atoms with Gasteiger partial charge in [-0.3, -0.25) is 4.79 Å². The number of benzene rings is 1. The third-order valence-corrected chi connectivity index (χ3v) is 2.54. The smallest absolute Gasteiger partial charge is 0.150 e. The Morgan fingerprint density at radius 3 is 2.06 bits per heavy atom. The number of carbonyl (C=O) groups is 1. The Kier molecular flexibility index (Phi) is 4.62. The molecule has 82 valence electrons. The van der Waals surface area contributed by atoms with E-state index >= 15 is 0 Å². The Hall–Kier alpha value is -2.43. The zero-order valence-electron chi connectivity index (χ0n) is 9.49. The molecule has 1 aromatic rings. The normalized spacial score (nSPS) is 8.76. The maximum atomic E-state index is 11.0. The van der Waals surface area contributed by atoms with E-state index < -0.39 is 0 Å². The zero-order chi connectivity index (χ0) is 12.7. The number of hydrogen-bond donors (Lipinski definition) is 0. The first-order chi connectivity index (χ1) is 8.28. The lowest BCUT2D eigenvalue weighted by atomic mass is 9.91. The maximum absolute atomic E-state index is 11.0. The van der Waals surface area contributed by atoms with Crippen molar-refractivity contribution in [3.8, 4) is 37.0 Å². The second-order valence-corrected chi connectivity index (χ2v) is 3.53. The lowest BCUT2D eigenvalue weighted by Crippen LogP contribution is -2.03. The van der Waals surface area contributed by atoms with Gasteiger partial charge in [-0.15, -0.1) is 37.0 Å². The standard InChI is InChI=1S/C16H12O/c1-4-7-13-10-11-14(12-17)16(9-6-3)15(13)8-5-2/h1-3,10-12H,7-9H2.